The Morgan fingerprint density at radius 1 is 0.273 bits per heavy atom. The van der Waals surface area contributed by atoms with Gasteiger partial charge in [-0.25, -0.2) is 0 Å². The van der Waals surface area contributed by atoms with Gasteiger partial charge in [0.25, 0.3) is 0 Å². The smallest absolute Gasteiger partial charge is 0.309 e. The third kappa shape index (κ3) is 61.0. The molecule has 6 heteroatoms. The standard InChI is InChI=1S/C71H106O6/c1-4-7-10-13-16-19-22-25-28-30-32-33-34-35-36-37-39-40-43-46-49-52-55-58-61-64-70(73)76-67-68(66-75-69(72)63-60-57-54-51-48-45-42-27-24-21-18-15-12-9-6-3)77-71(74)65-62-59-56-53-50-47-44-41-38-31-29-26-23-20-17-14-11-8-5-2/h7-12,16-21,25-29,32-33,35-36,38,41-42,47-48,50-51,56-57,59-60,68H,4-6,13-15,22-24,30-31,34,37,39-40,43-46,49,52-55,58,61-67H2,1-3H3/b10-7-,11-8-,12-9-,19-16-,20-17-,21-18-,28-25-,29-26-,33-32-,36-35-,41-38-,42-27-,50-47-,51-48-,59-56-,60-57-. The van der Waals surface area contributed by atoms with E-state index in [0.29, 0.717) is 19.3 Å². The number of ether oxygens (including phenoxy) is 3. The summed E-state index contributed by atoms with van der Waals surface area (Å²) in [6, 6.07) is 0. The maximum atomic E-state index is 12.8. The Kier molecular flexibility index (Phi) is 58.1. The highest BCUT2D eigenvalue weighted by molar-refractivity contribution is 5.72. The normalized spacial score (nSPS) is 13.5. The largest absolute Gasteiger partial charge is 0.462 e. The monoisotopic (exact) mass is 1050 g/mol. The highest BCUT2D eigenvalue weighted by Crippen LogP contribution is 2.13. The topological polar surface area (TPSA) is 78.9 Å². The third-order valence-corrected chi connectivity index (χ3v) is 11.6. The second-order valence-electron chi connectivity index (χ2n) is 18.8. The van der Waals surface area contributed by atoms with E-state index in [9.17, 15) is 14.4 Å². The summed E-state index contributed by atoms with van der Waals surface area (Å²) >= 11 is 0. The molecule has 0 saturated heterocycles. The van der Waals surface area contributed by atoms with Crippen LogP contribution < -0.4 is 0 Å². The van der Waals surface area contributed by atoms with E-state index in [-0.39, 0.29) is 32.0 Å². The molecular weight excluding hydrogens is 949 g/mol. The molecule has 1 atom stereocenters. The van der Waals surface area contributed by atoms with Gasteiger partial charge in [0.15, 0.2) is 6.10 Å². The van der Waals surface area contributed by atoms with Crippen LogP contribution in [0.25, 0.3) is 0 Å². The van der Waals surface area contributed by atoms with E-state index in [0.717, 1.165) is 122 Å². The van der Waals surface area contributed by atoms with E-state index in [2.05, 4.69) is 191 Å². The van der Waals surface area contributed by atoms with Crippen molar-refractivity contribution >= 4 is 17.9 Å². The van der Waals surface area contributed by atoms with E-state index in [1.165, 1.54) is 38.5 Å². The van der Waals surface area contributed by atoms with Crippen LogP contribution in [-0.2, 0) is 28.6 Å². The molecule has 0 radical (unpaired) electrons. The zero-order chi connectivity index (χ0) is 55.7. The molecule has 77 heavy (non-hydrogen) atoms. The summed E-state index contributed by atoms with van der Waals surface area (Å²) in [5.41, 5.74) is 0. The summed E-state index contributed by atoms with van der Waals surface area (Å²) in [6.07, 6.45) is 96.1. The number of hydrogen-bond donors (Lipinski definition) is 0. The fraction of sp³-hybridized carbons (Fsp3) is 0.507. The van der Waals surface area contributed by atoms with Crippen LogP contribution >= 0.6 is 0 Å². The van der Waals surface area contributed by atoms with Crippen LogP contribution in [0.4, 0.5) is 0 Å². The first kappa shape index (κ1) is 71.2. The zero-order valence-electron chi connectivity index (χ0n) is 48.6. The molecule has 0 aliphatic carbocycles. The molecule has 0 saturated carbocycles. The fourth-order valence-corrected chi connectivity index (χ4v) is 7.27. The maximum absolute atomic E-state index is 12.8. The summed E-state index contributed by atoms with van der Waals surface area (Å²) in [4.78, 5) is 38.1. The first-order valence-corrected chi connectivity index (χ1v) is 29.9. The van der Waals surface area contributed by atoms with E-state index in [4.69, 9.17) is 14.2 Å². The summed E-state index contributed by atoms with van der Waals surface area (Å²) in [6.45, 7) is 6.12. The first-order valence-electron chi connectivity index (χ1n) is 29.9. The molecule has 0 fully saturated rings. The van der Waals surface area contributed by atoms with Gasteiger partial charge in [-0.3, -0.25) is 14.4 Å². The van der Waals surface area contributed by atoms with Crippen LogP contribution in [0.15, 0.2) is 194 Å². The molecule has 0 aromatic carbocycles. The van der Waals surface area contributed by atoms with Gasteiger partial charge >= 0.3 is 17.9 Å². The lowest BCUT2D eigenvalue weighted by Crippen LogP contribution is -2.30. The molecule has 0 spiro atoms. The quantitative estimate of drug-likeness (QED) is 0.0261. The molecule has 0 heterocycles. The molecule has 0 N–H and O–H groups in total. The Morgan fingerprint density at radius 3 is 0.896 bits per heavy atom. The second-order valence-corrected chi connectivity index (χ2v) is 18.8. The van der Waals surface area contributed by atoms with Gasteiger partial charge in [-0.15, -0.1) is 0 Å². The van der Waals surface area contributed by atoms with Crippen molar-refractivity contribution in [3.05, 3.63) is 194 Å². The number of hydrogen-bond acceptors (Lipinski definition) is 6. The van der Waals surface area contributed by atoms with Crippen LogP contribution in [0.3, 0.4) is 0 Å². The molecule has 0 rings (SSSR count). The van der Waals surface area contributed by atoms with Crippen molar-refractivity contribution in [1.29, 1.82) is 0 Å². The number of esters is 3. The summed E-state index contributed by atoms with van der Waals surface area (Å²) in [7, 11) is 0. The number of unbranched alkanes of at least 4 members (excludes halogenated alkanes) is 9. The molecule has 0 aliphatic rings. The highest BCUT2D eigenvalue weighted by Gasteiger charge is 2.19. The van der Waals surface area contributed by atoms with Crippen molar-refractivity contribution in [1.82, 2.24) is 0 Å². The molecule has 0 aromatic heterocycles. The van der Waals surface area contributed by atoms with E-state index in [1.807, 2.05) is 18.2 Å². The van der Waals surface area contributed by atoms with Crippen molar-refractivity contribution < 1.29 is 28.6 Å². The average molecular weight is 1060 g/mol. The second kappa shape index (κ2) is 62.8. The minimum Gasteiger partial charge on any atom is -0.462 e. The number of carbonyl (C=O) groups is 3. The van der Waals surface area contributed by atoms with E-state index >= 15 is 0 Å². The lowest BCUT2D eigenvalue weighted by molar-refractivity contribution is -0.166. The van der Waals surface area contributed by atoms with Crippen LogP contribution in [-0.4, -0.2) is 37.2 Å². The van der Waals surface area contributed by atoms with Gasteiger partial charge in [0.05, 0.1) is 6.42 Å². The molecule has 0 aromatic rings. The Bertz CT molecular complexity index is 1880. The Labute approximate surface area is 471 Å². The number of carbonyl (C=O) groups excluding carboxylic acids is 3. The van der Waals surface area contributed by atoms with Gasteiger partial charge in [0.2, 0.25) is 0 Å². The summed E-state index contributed by atoms with van der Waals surface area (Å²) in [5.74, 6) is -1.19. The highest BCUT2D eigenvalue weighted by atomic mass is 16.6. The Hall–Kier alpha value is -5.75. The SMILES string of the molecule is CC/C=C\C/C=C\C/C=C\C/C=C\C/C=C\C/C=C\CCC(=O)OC(COC(=O)C/C=C\C/C=C\C/C=C\C/C=C\C/C=C\CC)COC(=O)CCCCCCCCCCC/C=C\C/C=C\C/C=C\C/C=C\C/C=C\CC. The van der Waals surface area contributed by atoms with Gasteiger partial charge in [-0.05, 0) is 128 Å². The van der Waals surface area contributed by atoms with Gasteiger partial charge in [0, 0.05) is 12.8 Å². The fourth-order valence-electron chi connectivity index (χ4n) is 7.27. The van der Waals surface area contributed by atoms with Crippen LogP contribution in [0.1, 0.15) is 213 Å². The van der Waals surface area contributed by atoms with Crippen molar-refractivity contribution in [3.8, 4) is 0 Å². The molecule has 0 aliphatic heterocycles. The summed E-state index contributed by atoms with van der Waals surface area (Å²) in [5, 5.41) is 0. The van der Waals surface area contributed by atoms with Gasteiger partial charge in [0.1, 0.15) is 13.2 Å². The Balaban J connectivity index is 4.58. The van der Waals surface area contributed by atoms with Gasteiger partial charge < -0.3 is 14.2 Å². The minimum absolute atomic E-state index is 0.0997. The van der Waals surface area contributed by atoms with Crippen molar-refractivity contribution in [2.75, 3.05) is 13.2 Å². The van der Waals surface area contributed by atoms with E-state index < -0.39 is 18.0 Å². The molecule has 1 unspecified atom stereocenters. The predicted octanol–water partition coefficient (Wildman–Crippen LogP) is 20.6. The molecular formula is C71H106O6. The van der Waals surface area contributed by atoms with Crippen molar-refractivity contribution in [2.24, 2.45) is 0 Å². The van der Waals surface area contributed by atoms with Crippen LogP contribution in [0.5, 0.6) is 0 Å². The molecule has 0 amide bonds. The number of rotatable bonds is 51. The van der Waals surface area contributed by atoms with Crippen molar-refractivity contribution in [2.45, 2.75) is 219 Å². The average Bonchev–Trinajstić information content (AvgIpc) is 3.43. The van der Waals surface area contributed by atoms with Crippen molar-refractivity contribution in [3.63, 3.8) is 0 Å². The molecule has 6 nitrogen and oxygen atoms in total. The zero-order valence-corrected chi connectivity index (χ0v) is 48.6. The lowest BCUT2D eigenvalue weighted by Gasteiger charge is -2.18. The minimum atomic E-state index is -0.874. The Morgan fingerprint density at radius 2 is 0.545 bits per heavy atom. The molecule has 0 bridgehead atoms. The van der Waals surface area contributed by atoms with Gasteiger partial charge in [-0.1, -0.05) is 260 Å². The van der Waals surface area contributed by atoms with Gasteiger partial charge in [-0.2, -0.15) is 0 Å². The van der Waals surface area contributed by atoms with Crippen LogP contribution in [0.2, 0.25) is 0 Å². The van der Waals surface area contributed by atoms with E-state index in [1.54, 1.807) is 6.08 Å². The molecule has 426 valence electrons. The maximum Gasteiger partial charge on any atom is 0.309 e. The predicted molar refractivity (Wildman–Crippen MR) is 334 cm³/mol. The van der Waals surface area contributed by atoms with Crippen LogP contribution in [0, 0.1) is 0 Å². The third-order valence-electron chi connectivity index (χ3n) is 11.6. The lowest BCUT2D eigenvalue weighted by atomic mass is 10.1. The summed E-state index contributed by atoms with van der Waals surface area (Å²) < 4.78 is 16.7. The first-order chi connectivity index (χ1) is 38.0. The number of allylic oxidation sites excluding steroid dienone is 31.